The molecule has 1 aliphatic heterocycles. The van der Waals surface area contributed by atoms with Crippen molar-refractivity contribution in [3.8, 4) is 0 Å². The highest BCUT2D eigenvalue weighted by molar-refractivity contribution is 6.19. The molecule has 0 radical (unpaired) electrons. The lowest BCUT2D eigenvalue weighted by molar-refractivity contribution is -0.124. The van der Waals surface area contributed by atoms with Gasteiger partial charge < -0.3 is 21.3 Å². The Labute approximate surface area is 163 Å². The fourth-order valence-electron chi connectivity index (χ4n) is 3.13. The Morgan fingerprint density at radius 1 is 1.00 bits per heavy atom. The summed E-state index contributed by atoms with van der Waals surface area (Å²) in [5.74, 6) is -0.813. The van der Waals surface area contributed by atoms with Gasteiger partial charge >= 0.3 is 0 Å². The molecule has 0 fully saturated rings. The van der Waals surface area contributed by atoms with E-state index in [-0.39, 0.29) is 44.4 Å². The molecular formula is C19H22ClN3O4. The number of para-hydroxylation sites is 3. The van der Waals surface area contributed by atoms with Gasteiger partial charge in [-0.05, 0) is 37.1 Å². The first-order chi connectivity index (χ1) is 12.5. The van der Waals surface area contributed by atoms with Crippen LogP contribution in [-0.4, -0.2) is 40.8 Å². The number of benzene rings is 2. The summed E-state index contributed by atoms with van der Waals surface area (Å²) in [5, 5.41) is 21.5. The summed E-state index contributed by atoms with van der Waals surface area (Å²) in [6, 6.07) is 13.7. The zero-order valence-corrected chi connectivity index (χ0v) is 15.4. The van der Waals surface area contributed by atoms with E-state index in [2.05, 4.69) is 5.32 Å². The van der Waals surface area contributed by atoms with Gasteiger partial charge in [-0.1, -0.05) is 24.3 Å². The number of carbonyl (C=O) groups excluding carboxylic acids is 2. The molecule has 0 bridgehead atoms. The van der Waals surface area contributed by atoms with E-state index in [1.54, 1.807) is 48.5 Å². The molecule has 2 aromatic carbocycles. The Morgan fingerprint density at radius 3 is 2.19 bits per heavy atom. The van der Waals surface area contributed by atoms with E-state index in [9.17, 15) is 19.8 Å². The highest BCUT2D eigenvalue weighted by atomic mass is 35.5. The third-order valence-electron chi connectivity index (χ3n) is 4.53. The summed E-state index contributed by atoms with van der Waals surface area (Å²) < 4.78 is 0. The van der Waals surface area contributed by atoms with E-state index in [0.717, 1.165) is 0 Å². The molecule has 5 N–H and O–H groups in total. The molecule has 0 saturated carbocycles. The molecule has 0 spiro atoms. The van der Waals surface area contributed by atoms with E-state index in [4.69, 9.17) is 5.73 Å². The molecule has 8 heteroatoms. The second-order valence-electron chi connectivity index (χ2n) is 6.23. The fraction of sp³-hybridized carbons (Fsp3) is 0.263. The Balaban J connectivity index is 0.00000261. The van der Waals surface area contributed by atoms with Crippen LogP contribution in [0.2, 0.25) is 0 Å². The number of nitrogens with two attached hydrogens (primary N) is 1. The molecule has 1 heterocycles. The molecule has 3 rings (SSSR count). The summed E-state index contributed by atoms with van der Waals surface area (Å²) in [6.07, 6.45) is -0.0107. The molecule has 2 amide bonds. The van der Waals surface area contributed by atoms with Crippen LogP contribution in [0, 0.1) is 0 Å². The minimum Gasteiger partial charge on any atom is -0.396 e. The number of fused-ring (bicyclic) bond motifs is 2. The van der Waals surface area contributed by atoms with Gasteiger partial charge in [0.2, 0.25) is 0 Å². The Bertz CT molecular complexity index is 837. The average Bonchev–Trinajstić information content (AvgIpc) is 2.76. The van der Waals surface area contributed by atoms with Gasteiger partial charge in [-0.15, -0.1) is 12.4 Å². The number of hydrogen-bond donors (Lipinski definition) is 4. The van der Waals surface area contributed by atoms with Crippen molar-refractivity contribution in [3.63, 3.8) is 0 Å². The molecule has 7 nitrogen and oxygen atoms in total. The molecule has 2 aromatic rings. The molecule has 0 aliphatic carbocycles. The van der Waals surface area contributed by atoms with Crippen LogP contribution in [0.5, 0.6) is 0 Å². The number of rotatable bonds is 5. The van der Waals surface area contributed by atoms with Crippen LogP contribution in [0.1, 0.15) is 23.2 Å². The molecule has 27 heavy (non-hydrogen) atoms. The number of amides is 2. The summed E-state index contributed by atoms with van der Waals surface area (Å²) >= 11 is 0. The van der Waals surface area contributed by atoms with E-state index in [0.29, 0.717) is 22.6 Å². The van der Waals surface area contributed by atoms with Crippen molar-refractivity contribution >= 4 is 41.3 Å². The van der Waals surface area contributed by atoms with Gasteiger partial charge in [-0.3, -0.25) is 14.5 Å². The average molecular weight is 392 g/mol. The van der Waals surface area contributed by atoms with Crippen LogP contribution in [0.25, 0.3) is 0 Å². The highest BCUT2D eigenvalue weighted by Crippen LogP contribution is 2.39. The molecule has 0 saturated heterocycles. The molecule has 0 atom stereocenters. The first kappa shape index (κ1) is 20.9. The zero-order valence-electron chi connectivity index (χ0n) is 14.6. The maximum atomic E-state index is 13.4. The smallest absolute Gasteiger partial charge is 0.257 e. The van der Waals surface area contributed by atoms with Crippen molar-refractivity contribution in [2.45, 2.75) is 18.4 Å². The Kier molecular flexibility index (Phi) is 6.56. The number of halogens is 1. The molecule has 0 unspecified atom stereocenters. The van der Waals surface area contributed by atoms with Crippen LogP contribution >= 0.6 is 12.4 Å². The fourth-order valence-corrected chi connectivity index (χ4v) is 3.13. The predicted molar refractivity (Wildman–Crippen MR) is 106 cm³/mol. The summed E-state index contributed by atoms with van der Waals surface area (Å²) in [7, 11) is 0. The number of nitrogens with zero attached hydrogens (tertiary/aromatic N) is 1. The monoisotopic (exact) mass is 391 g/mol. The lowest BCUT2D eigenvalue weighted by atomic mass is 9.90. The minimum atomic E-state index is -1.46. The maximum Gasteiger partial charge on any atom is 0.257 e. The van der Waals surface area contributed by atoms with Crippen LogP contribution in [-0.2, 0) is 4.79 Å². The number of nitrogens with one attached hydrogen (secondary N) is 1. The van der Waals surface area contributed by atoms with E-state index >= 15 is 0 Å². The van der Waals surface area contributed by atoms with Gasteiger partial charge in [0.05, 0.1) is 22.6 Å². The first-order valence-electron chi connectivity index (χ1n) is 8.36. The van der Waals surface area contributed by atoms with Crippen LogP contribution in [0.15, 0.2) is 48.5 Å². The number of anilines is 3. The van der Waals surface area contributed by atoms with E-state index in [1.165, 1.54) is 4.90 Å². The van der Waals surface area contributed by atoms with Crippen molar-refractivity contribution in [2.75, 3.05) is 23.4 Å². The Morgan fingerprint density at radius 2 is 1.56 bits per heavy atom. The number of aliphatic hydroxyl groups excluding tert-OH is 2. The van der Waals surface area contributed by atoms with Crippen molar-refractivity contribution in [1.29, 1.82) is 0 Å². The zero-order chi connectivity index (χ0) is 18.7. The standard InChI is InChI=1S/C19H21N3O4.ClH/c20-19(9-11-23,10-12-24)18(26)22-15-7-3-1-5-13(15)17(25)21-14-6-2-4-8-16(14)22;/h1-8,23-24H,9-12,20H2,(H,21,25);1H. The Hall–Kier alpha value is -2.45. The molecule has 0 aromatic heterocycles. The largest absolute Gasteiger partial charge is 0.396 e. The summed E-state index contributed by atoms with van der Waals surface area (Å²) in [6.45, 7) is -0.590. The third kappa shape index (κ3) is 3.81. The normalized spacial score (nSPS) is 13.0. The maximum absolute atomic E-state index is 13.4. The van der Waals surface area contributed by atoms with E-state index in [1.807, 2.05) is 0 Å². The quantitative estimate of drug-likeness (QED) is 0.620. The van der Waals surface area contributed by atoms with Crippen LogP contribution < -0.4 is 16.0 Å². The topological polar surface area (TPSA) is 116 Å². The van der Waals surface area contributed by atoms with Crippen molar-refractivity contribution in [1.82, 2.24) is 0 Å². The molecular weight excluding hydrogens is 370 g/mol. The minimum absolute atomic E-state index is 0. The van der Waals surface area contributed by atoms with Gasteiger partial charge in [-0.25, -0.2) is 0 Å². The summed E-state index contributed by atoms with van der Waals surface area (Å²) in [5.41, 5.74) is 6.54. The number of carbonyl (C=O) groups is 2. The summed E-state index contributed by atoms with van der Waals surface area (Å²) in [4.78, 5) is 27.4. The van der Waals surface area contributed by atoms with Gasteiger partial charge in [0, 0.05) is 13.2 Å². The molecule has 1 aliphatic rings. The lowest BCUT2D eigenvalue weighted by Gasteiger charge is -2.34. The SMILES string of the molecule is Cl.NC(CCO)(CCO)C(=O)N1c2ccccc2NC(=O)c2ccccc21. The van der Waals surface area contributed by atoms with Crippen molar-refractivity contribution in [3.05, 3.63) is 54.1 Å². The highest BCUT2D eigenvalue weighted by Gasteiger charge is 2.40. The van der Waals surface area contributed by atoms with Gasteiger partial charge in [-0.2, -0.15) is 0 Å². The van der Waals surface area contributed by atoms with Crippen molar-refractivity contribution < 1.29 is 19.8 Å². The number of aliphatic hydroxyl groups is 2. The molecule has 144 valence electrons. The van der Waals surface area contributed by atoms with Crippen LogP contribution in [0.3, 0.4) is 0 Å². The lowest BCUT2D eigenvalue weighted by Crippen LogP contribution is -2.55. The van der Waals surface area contributed by atoms with E-state index < -0.39 is 11.4 Å². The second-order valence-corrected chi connectivity index (χ2v) is 6.23. The van der Waals surface area contributed by atoms with Crippen LogP contribution in [0.4, 0.5) is 17.1 Å². The predicted octanol–water partition coefficient (Wildman–Crippen LogP) is 1.80. The number of hydrogen-bond acceptors (Lipinski definition) is 5. The first-order valence-corrected chi connectivity index (χ1v) is 8.36. The van der Waals surface area contributed by atoms with Gasteiger partial charge in [0.15, 0.2) is 0 Å². The second kappa shape index (κ2) is 8.49. The van der Waals surface area contributed by atoms with Gasteiger partial charge in [0.1, 0.15) is 5.54 Å². The third-order valence-corrected chi connectivity index (χ3v) is 4.53. The van der Waals surface area contributed by atoms with Gasteiger partial charge in [0.25, 0.3) is 11.8 Å². The van der Waals surface area contributed by atoms with Crippen molar-refractivity contribution in [2.24, 2.45) is 5.73 Å².